The monoisotopic (exact) mass is 329 g/mol. The van der Waals surface area contributed by atoms with Crippen LogP contribution in [0.25, 0.3) is 0 Å². The van der Waals surface area contributed by atoms with Crippen LogP contribution in [0.5, 0.6) is 0 Å². The first-order valence-electron chi connectivity index (χ1n) is 9.59. The molecule has 0 spiro atoms. The number of hydrogen-bond acceptors (Lipinski definition) is 1. The molecule has 3 rings (SSSR count). The van der Waals surface area contributed by atoms with Crippen molar-refractivity contribution in [1.82, 2.24) is 4.90 Å². The van der Waals surface area contributed by atoms with Crippen LogP contribution in [0.1, 0.15) is 64.0 Å². The van der Waals surface area contributed by atoms with Gasteiger partial charge >= 0.3 is 0 Å². The molecule has 1 aromatic rings. The van der Waals surface area contributed by atoms with Gasteiger partial charge in [0.15, 0.2) is 0 Å². The molecular weight excluding hydrogens is 297 g/mol. The maximum Gasteiger partial charge on any atom is 0.130 e. The fraction of sp³-hybridized carbons (Fsp3) is 0.636. The van der Waals surface area contributed by atoms with Crippen LogP contribution >= 0.6 is 0 Å². The molecule has 0 amide bonds. The Morgan fingerprint density at radius 1 is 1.17 bits per heavy atom. The zero-order valence-corrected chi connectivity index (χ0v) is 15.7. The van der Waals surface area contributed by atoms with E-state index >= 15 is 0 Å². The van der Waals surface area contributed by atoms with Gasteiger partial charge in [0.1, 0.15) is 5.67 Å². The quantitative estimate of drug-likeness (QED) is 0.630. The largest absolute Gasteiger partial charge is 0.374 e. The van der Waals surface area contributed by atoms with Gasteiger partial charge in [0.05, 0.1) is 0 Å². The van der Waals surface area contributed by atoms with E-state index < -0.39 is 5.67 Å². The van der Waals surface area contributed by atoms with Crippen LogP contribution in [0.4, 0.5) is 4.39 Å². The summed E-state index contributed by atoms with van der Waals surface area (Å²) in [5.41, 5.74) is 2.22. The number of nitrogens with zero attached hydrogens (tertiary/aromatic N) is 1. The summed E-state index contributed by atoms with van der Waals surface area (Å²) >= 11 is 0. The highest BCUT2D eigenvalue weighted by Gasteiger charge is 2.50. The number of allylic oxidation sites excluding steroid dienone is 1. The van der Waals surface area contributed by atoms with Gasteiger partial charge in [-0.3, -0.25) is 0 Å². The van der Waals surface area contributed by atoms with E-state index in [1.165, 1.54) is 30.5 Å². The van der Waals surface area contributed by atoms with E-state index in [0.717, 1.165) is 30.5 Å². The lowest BCUT2D eigenvalue weighted by Crippen LogP contribution is -2.21. The Balaban J connectivity index is 1.62. The molecular formula is C22H32FN. The molecule has 1 nitrogen and oxygen atoms in total. The molecule has 0 N–H and O–H groups in total. The Hall–Kier alpha value is -1.31. The predicted octanol–water partition coefficient (Wildman–Crippen LogP) is 5.88. The lowest BCUT2D eigenvalue weighted by Gasteiger charge is -2.22. The van der Waals surface area contributed by atoms with Crippen LogP contribution in [0, 0.1) is 17.8 Å². The van der Waals surface area contributed by atoms with Gasteiger partial charge in [-0.15, -0.1) is 0 Å². The molecule has 2 heteroatoms. The molecule has 1 aromatic carbocycles. The number of rotatable bonds is 6. The molecule has 0 aromatic heterocycles. The highest BCUT2D eigenvalue weighted by atomic mass is 19.1. The number of hydrogen-bond donors (Lipinski definition) is 0. The maximum absolute atomic E-state index is 14.0. The van der Waals surface area contributed by atoms with Crippen LogP contribution in [0.2, 0.25) is 0 Å². The first kappa shape index (κ1) is 17.5. The van der Waals surface area contributed by atoms with Crippen molar-refractivity contribution in [3.63, 3.8) is 0 Å². The Morgan fingerprint density at radius 2 is 1.75 bits per heavy atom. The molecule has 0 radical (unpaired) electrons. The van der Waals surface area contributed by atoms with Crippen molar-refractivity contribution in [3.05, 3.63) is 47.7 Å². The molecule has 1 aliphatic heterocycles. The normalized spacial score (nSPS) is 29.8. The molecule has 1 heterocycles. The van der Waals surface area contributed by atoms with Crippen LogP contribution < -0.4 is 0 Å². The van der Waals surface area contributed by atoms with Crippen molar-refractivity contribution in [1.29, 1.82) is 0 Å². The van der Waals surface area contributed by atoms with E-state index in [2.05, 4.69) is 37.5 Å². The third kappa shape index (κ3) is 3.25. The summed E-state index contributed by atoms with van der Waals surface area (Å²) in [6.45, 7) is 14.5. The number of benzene rings is 1. The van der Waals surface area contributed by atoms with Gasteiger partial charge in [-0.1, -0.05) is 57.5 Å². The molecule has 1 aliphatic carbocycles. The Bertz CT molecular complexity index is 573. The van der Waals surface area contributed by atoms with Crippen molar-refractivity contribution >= 4 is 0 Å². The summed E-state index contributed by atoms with van der Waals surface area (Å²) < 4.78 is 14.0. The predicted molar refractivity (Wildman–Crippen MR) is 99.7 cm³/mol. The fourth-order valence-corrected chi connectivity index (χ4v) is 4.71. The van der Waals surface area contributed by atoms with Crippen LogP contribution in [-0.4, -0.2) is 18.0 Å². The fourth-order valence-electron chi connectivity index (χ4n) is 4.71. The Morgan fingerprint density at radius 3 is 2.25 bits per heavy atom. The average molecular weight is 330 g/mol. The van der Waals surface area contributed by atoms with Crippen molar-refractivity contribution < 1.29 is 4.39 Å². The van der Waals surface area contributed by atoms with Crippen LogP contribution in [0.15, 0.2) is 36.5 Å². The van der Waals surface area contributed by atoms with E-state index in [9.17, 15) is 4.39 Å². The molecule has 24 heavy (non-hydrogen) atoms. The lowest BCUT2D eigenvalue weighted by atomic mass is 9.93. The lowest BCUT2D eigenvalue weighted by molar-refractivity contribution is 0.221. The van der Waals surface area contributed by atoms with Gasteiger partial charge in [0.25, 0.3) is 0 Å². The van der Waals surface area contributed by atoms with E-state index in [1.807, 2.05) is 12.1 Å². The summed E-state index contributed by atoms with van der Waals surface area (Å²) in [5.74, 6) is 2.98. The molecule has 0 bridgehead atoms. The van der Waals surface area contributed by atoms with Crippen molar-refractivity contribution in [2.75, 3.05) is 13.1 Å². The molecule has 2 aliphatic rings. The van der Waals surface area contributed by atoms with E-state index in [4.69, 9.17) is 0 Å². The molecule has 132 valence electrons. The van der Waals surface area contributed by atoms with E-state index in [1.54, 1.807) is 13.8 Å². The molecule has 1 saturated carbocycles. The zero-order chi connectivity index (χ0) is 17.5. The summed E-state index contributed by atoms with van der Waals surface area (Å²) in [6, 6.07) is 8.14. The van der Waals surface area contributed by atoms with Gasteiger partial charge < -0.3 is 4.90 Å². The minimum atomic E-state index is -1.26. The summed E-state index contributed by atoms with van der Waals surface area (Å²) in [6.07, 6.45) is 3.73. The standard InChI is InChI=1S/C22H32FN/c1-6-19-20(7-2)21(19)15(3)24-13-12-17(14-24)16-8-10-18(11-9-16)22(4,5)23/h8-11,17,19-21H,3,6-7,12-14H2,1-2,4-5H3. The second kappa shape index (κ2) is 6.54. The van der Waals surface area contributed by atoms with Gasteiger partial charge in [-0.05, 0) is 43.2 Å². The SMILES string of the molecule is C=C(C1C(CC)C1CC)N1CCC(c2ccc(C(C)(C)F)cc2)C1. The molecule has 3 atom stereocenters. The smallest absolute Gasteiger partial charge is 0.130 e. The minimum absolute atomic E-state index is 0.553. The van der Waals surface area contributed by atoms with Gasteiger partial charge in [0, 0.05) is 30.6 Å². The second-order valence-electron chi connectivity index (χ2n) is 8.19. The van der Waals surface area contributed by atoms with Gasteiger partial charge in [-0.2, -0.15) is 0 Å². The van der Waals surface area contributed by atoms with Crippen molar-refractivity contribution in [2.24, 2.45) is 17.8 Å². The third-order valence-corrected chi connectivity index (χ3v) is 6.32. The topological polar surface area (TPSA) is 3.24 Å². The second-order valence-corrected chi connectivity index (χ2v) is 8.19. The Kier molecular flexibility index (Phi) is 4.77. The third-order valence-electron chi connectivity index (χ3n) is 6.32. The van der Waals surface area contributed by atoms with Crippen molar-refractivity contribution in [2.45, 2.75) is 58.5 Å². The minimum Gasteiger partial charge on any atom is -0.374 e. The summed E-state index contributed by atoms with van der Waals surface area (Å²) in [5, 5.41) is 0. The first-order chi connectivity index (χ1) is 11.4. The van der Waals surface area contributed by atoms with Gasteiger partial charge in [0.2, 0.25) is 0 Å². The maximum atomic E-state index is 14.0. The Labute approximate surface area is 146 Å². The van der Waals surface area contributed by atoms with E-state index in [0.29, 0.717) is 11.8 Å². The molecule has 2 fully saturated rings. The summed E-state index contributed by atoms with van der Waals surface area (Å²) in [7, 11) is 0. The number of halogens is 1. The van der Waals surface area contributed by atoms with Crippen LogP contribution in [-0.2, 0) is 5.67 Å². The summed E-state index contributed by atoms with van der Waals surface area (Å²) in [4.78, 5) is 2.51. The average Bonchev–Trinajstić information content (AvgIpc) is 3.06. The number of likely N-dealkylation sites (tertiary alicyclic amines) is 1. The first-order valence-corrected chi connectivity index (χ1v) is 9.59. The molecule has 1 saturated heterocycles. The molecule has 3 unspecified atom stereocenters. The van der Waals surface area contributed by atoms with E-state index in [-0.39, 0.29) is 0 Å². The highest BCUT2D eigenvalue weighted by Crippen LogP contribution is 2.55. The zero-order valence-electron chi connectivity index (χ0n) is 15.7. The van der Waals surface area contributed by atoms with Gasteiger partial charge in [-0.25, -0.2) is 4.39 Å². The van der Waals surface area contributed by atoms with Crippen LogP contribution in [0.3, 0.4) is 0 Å². The van der Waals surface area contributed by atoms with Crippen molar-refractivity contribution in [3.8, 4) is 0 Å². The highest BCUT2D eigenvalue weighted by molar-refractivity contribution is 5.30. The number of alkyl halides is 1.